The normalized spacial score (nSPS) is 22.4. The molecule has 1 unspecified atom stereocenters. The quantitative estimate of drug-likeness (QED) is 0.627. The fourth-order valence-corrected chi connectivity index (χ4v) is 4.36. The Morgan fingerprint density at radius 1 is 1.50 bits per heavy atom. The molecule has 2 atom stereocenters. The van der Waals surface area contributed by atoms with Crippen molar-refractivity contribution < 1.29 is 23.1 Å². The first kappa shape index (κ1) is 17.3. The topological polar surface area (TPSA) is 118 Å². The van der Waals surface area contributed by atoms with Gasteiger partial charge in [0.1, 0.15) is 6.54 Å². The summed E-state index contributed by atoms with van der Waals surface area (Å²) in [4.78, 5) is 24.2. The number of thioether (sulfide) groups is 1. The largest absolute Gasteiger partial charge is 0.480 e. The van der Waals surface area contributed by atoms with Crippen LogP contribution in [0.1, 0.15) is 12.8 Å². The van der Waals surface area contributed by atoms with E-state index in [-0.39, 0.29) is 17.9 Å². The minimum absolute atomic E-state index is 0.0128. The number of sulfone groups is 1. The van der Waals surface area contributed by atoms with E-state index in [2.05, 4.69) is 0 Å². The van der Waals surface area contributed by atoms with E-state index < -0.39 is 40.3 Å². The van der Waals surface area contributed by atoms with Gasteiger partial charge in [0.15, 0.2) is 9.84 Å². The van der Waals surface area contributed by atoms with Gasteiger partial charge in [0.25, 0.3) is 0 Å². The number of carboxylic acid groups (broad SMARTS) is 1. The van der Waals surface area contributed by atoms with Gasteiger partial charge < -0.3 is 15.7 Å². The van der Waals surface area contributed by atoms with Gasteiger partial charge in [0.05, 0.1) is 17.5 Å². The van der Waals surface area contributed by atoms with Crippen LogP contribution < -0.4 is 5.73 Å². The van der Waals surface area contributed by atoms with E-state index >= 15 is 0 Å². The van der Waals surface area contributed by atoms with Crippen molar-refractivity contribution in [3.63, 3.8) is 0 Å². The number of carbonyl (C=O) groups is 2. The van der Waals surface area contributed by atoms with Crippen LogP contribution in [-0.4, -0.2) is 72.4 Å². The van der Waals surface area contributed by atoms with Crippen molar-refractivity contribution in [1.82, 2.24) is 4.90 Å². The lowest BCUT2D eigenvalue weighted by molar-refractivity contribution is -0.146. The van der Waals surface area contributed by atoms with E-state index in [0.29, 0.717) is 12.2 Å². The third-order valence-corrected chi connectivity index (χ3v) is 5.58. The smallest absolute Gasteiger partial charge is 0.323 e. The first-order valence-corrected chi connectivity index (χ1v) is 9.45. The standard InChI is InChI=1S/C11H20N2O5S2/c1-19-4-2-9(12)11(16)13(6-10(14)15)8-3-5-20(17,18)7-8/h8-9H,2-7,12H2,1H3,(H,14,15)/t8?,9-/m0/s1. The summed E-state index contributed by atoms with van der Waals surface area (Å²) in [6, 6.07) is -1.37. The molecule has 1 rings (SSSR count). The van der Waals surface area contributed by atoms with E-state index in [4.69, 9.17) is 10.8 Å². The number of hydrogen-bond donors (Lipinski definition) is 2. The summed E-state index contributed by atoms with van der Waals surface area (Å²) in [7, 11) is -3.18. The number of nitrogens with two attached hydrogens (primary N) is 1. The molecule has 1 saturated heterocycles. The molecule has 3 N–H and O–H groups in total. The average Bonchev–Trinajstić information content (AvgIpc) is 2.72. The van der Waals surface area contributed by atoms with Crippen LogP contribution >= 0.6 is 11.8 Å². The molecule has 1 fully saturated rings. The number of carboxylic acids is 1. The predicted molar refractivity (Wildman–Crippen MR) is 77.4 cm³/mol. The molecule has 0 aromatic carbocycles. The van der Waals surface area contributed by atoms with Crippen LogP contribution in [0.4, 0.5) is 0 Å². The minimum atomic E-state index is -3.18. The average molecular weight is 324 g/mol. The summed E-state index contributed by atoms with van der Waals surface area (Å²) in [5, 5.41) is 8.89. The molecular formula is C11H20N2O5S2. The highest BCUT2D eigenvalue weighted by Crippen LogP contribution is 2.19. The molecule has 7 nitrogen and oxygen atoms in total. The summed E-state index contributed by atoms with van der Waals surface area (Å²) in [5.74, 6) is -1.15. The number of amides is 1. The SMILES string of the molecule is CSCC[C@H](N)C(=O)N(CC(=O)O)C1CCS(=O)(=O)C1. The Hall–Kier alpha value is -0.800. The van der Waals surface area contributed by atoms with Crippen LogP contribution in [0.25, 0.3) is 0 Å². The molecule has 0 radical (unpaired) electrons. The van der Waals surface area contributed by atoms with Gasteiger partial charge in [-0.25, -0.2) is 8.42 Å². The third-order valence-electron chi connectivity index (χ3n) is 3.19. The van der Waals surface area contributed by atoms with E-state index in [1.807, 2.05) is 6.26 Å². The first-order valence-electron chi connectivity index (χ1n) is 6.24. The van der Waals surface area contributed by atoms with Crippen LogP contribution in [-0.2, 0) is 19.4 Å². The monoisotopic (exact) mass is 324 g/mol. The lowest BCUT2D eigenvalue weighted by atomic mass is 10.1. The molecule has 20 heavy (non-hydrogen) atoms. The lowest BCUT2D eigenvalue weighted by Gasteiger charge is -2.29. The van der Waals surface area contributed by atoms with Crippen molar-refractivity contribution in [2.75, 3.05) is 30.1 Å². The zero-order chi connectivity index (χ0) is 15.3. The van der Waals surface area contributed by atoms with Crippen molar-refractivity contribution in [2.45, 2.75) is 24.9 Å². The fraction of sp³-hybridized carbons (Fsp3) is 0.818. The molecule has 0 saturated carbocycles. The van der Waals surface area contributed by atoms with Crippen molar-refractivity contribution in [2.24, 2.45) is 5.73 Å². The maximum Gasteiger partial charge on any atom is 0.323 e. The zero-order valence-electron chi connectivity index (χ0n) is 11.3. The Kier molecular flexibility index (Phi) is 6.28. The van der Waals surface area contributed by atoms with Gasteiger partial charge >= 0.3 is 5.97 Å². The van der Waals surface area contributed by atoms with Crippen molar-refractivity contribution in [3.8, 4) is 0 Å². The predicted octanol–water partition coefficient (Wildman–Crippen LogP) is -0.833. The number of rotatable bonds is 7. The van der Waals surface area contributed by atoms with E-state index in [9.17, 15) is 18.0 Å². The van der Waals surface area contributed by atoms with E-state index in [1.54, 1.807) is 11.8 Å². The second kappa shape index (κ2) is 7.28. The summed E-state index contributed by atoms with van der Waals surface area (Å²) >= 11 is 1.54. The van der Waals surface area contributed by atoms with Gasteiger partial charge in [-0.2, -0.15) is 11.8 Å². The fourth-order valence-electron chi connectivity index (χ4n) is 2.14. The van der Waals surface area contributed by atoms with Crippen LogP contribution in [0, 0.1) is 0 Å². The molecule has 1 amide bonds. The Bertz CT molecular complexity index is 465. The third kappa shape index (κ3) is 4.95. The zero-order valence-corrected chi connectivity index (χ0v) is 13.0. The highest BCUT2D eigenvalue weighted by atomic mass is 32.2. The van der Waals surface area contributed by atoms with Crippen LogP contribution in [0.5, 0.6) is 0 Å². The molecule has 0 aromatic rings. The molecule has 0 spiro atoms. The van der Waals surface area contributed by atoms with Crippen LogP contribution in [0.3, 0.4) is 0 Å². The maximum absolute atomic E-state index is 12.2. The Balaban J connectivity index is 2.78. The molecule has 9 heteroatoms. The lowest BCUT2D eigenvalue weighted by Crippen LogP contribution is -2.51. The van der Waals surface area contributed by atoms with Crippen molar-refractivity contribution in [3.05, 3.63) is 0 Å². The molecule has 1 aliphatic heterocycles. The van der Waals surface area contributed by atoms with E-state index in [1.165, 1.54) is 0 Å². The highest BCUT2D eigenvalue weighted by molar-refractivity contribution is 7.98. The summed E-state index contributed by atoms with van der Waals surface area (Å²) < 4.78 is 23.0. The Morgan fingerprint density at radius 2 is 2.15 bits per heavy atom. The summed E-state index contributed by atoms with van der Waals surface area (Å²) in [5.41, 5.74) is 5.77. The van der Waals surface area contributed by atoms with Gasteiger partial charge in [-0.3, -0.25) is 9.59 Å². The number of hydrogen-bond acceptors (Lipinski definition) is 6. The number of nitrogens with zero attached hydrogens (tertiary/aromatic N) is 1. The number of carbonyl (C=O) groups excluding carboxylic acids is 1. The molecule has 0 aliphatic carbocycles. The van der Waals surface area contributed by atoms with Crippen molar-refractivity contribution >= 4 is 33.5 Å². The minimum Gasteiger partial charge on any atom is -0.480 e. The van der Waals surface area contributed by atoms with Gasteiger partial charge in [-0.05, 0) is 24.9 Å². The van der Waals surface area contributed by atoms with Gasteiger partial charge in [0, 0.05) is 6.04 Å². The van der Waals surface area contributed by atoms with Gasteiger partial charge in [-0.1, -0.05) is 0 Å². The molecule has 1 aliphatic rings. The molecule has 1 heterocycles. The van der Waals surface area contributed by atoms with Crippen molar-refractivity contribution in [1.29, 1.82) is 0 Å². The molecular weight excluding hydrogens is 304 g/mol. The Morgan fingerprint density at radius 3 is 2.60 bits per heavy atom. The Labute approximate surface area is 122 Å². The molecule has 116 valence electrons. The summed E-state index contributed by atoms with van der Waals surface area (Å²) in [6.45, 7) is -0.508. The van der Waals surface area contributed by atoms with E-state index in [0.717, 1.165) is 4.90 Å². The van der Waals surface area contributed by atoms with Gasteiger partial charge in [0.2, 0.25) is 5.91 Å². The highest BCUT2D eigenvalue weighted by Gasteiger charge is 2.36. The summed E-state index contributed by atoms with van der Waals surface area (Å²) in [6.07, 6.45) is 2.60. The first-order chi connectivity index (χ1) is 9.26. The number of aliphatic carboxylic acids is 1. The molecule has 0 aromatic heterocycles. The second-order valence-electron chi connectivity index (χ2n) is 4.80. The second-order valence-corrected chi connectivity index (χ2v) is 8.02. The maximum atomic E-state index is 12.2. The van der Waals surface area contributed by atoms with Gasteiger partial charge in [-0.15, -0.1) is 0 Å². The van der Waals surface area contributed by atoms with Crippen LogP contribution in [0.15, 0.2) is 0 Å². The van der Waals surface area contributed by atoms with Crippen LogP contribution in [0.2, 0.25) is 0 Å². The molecule has 0 bridgehead atoms.